The topological polar surface area (TPSA) is 95.8 Å². The zero-order valence-corrected chi connectivity index (χ0v) is 15.9. The van der Waals surface area contributed by atoms with E-state index in [2.05, 4.69) is 4.98 Å². The van der Waals surface area contributed by atoms with Crippen molar-refractivity contribution in [2.45, 2.75) is 12.5 Å². The van der Waals surface area contributed by atoms with Crippen LogP contribution in [0.4, 0.5) is 5.69 Å². The van der Waals surface area contributed by atoms with Crippen molar-refractivity contribution in [2.24, 2.45) is 5.92 Å². The highest BCUT2D eigenvalue weighted by atomic mass is 16.5. The molecule has 29 heavy (non-hydrogen) atoms. The van der Waals surface area contributed by atoms with Gasteiger partial charge in [-0.2, -0.15) is 5.26 Å². The summed E-state index contributed by atoms with van der Waals surface area (Å²) in [7, 11) is 1.59. The Bertz CT molecular complexity index is 963. The average molecular weight is 392 g/mol. The molecule has 8 nitrogen and oxygen atoms in total. The van der Waals surface area contributed by atoms with Crippen LogP contribution in [0, 0.1) is 17.2 Å². The van der Waals surface area contributed by atoms with E-state index in [1.54, 1.807) is 47.4 Å². The second kappa shape index (κ2) is 7.80. The molecule has 0 N–H and O–H groups in total. The first-order chi connectivity index (χ1) is 14.1. The van der Waals surface area contributed by atoms with E-state index >= 15 is 0 Å². The van der Waals surface area contributed by atoms with Gasteiger partial charge in [0.2, 0.25) is 17.7 Å². The van der Waals surface area contributed by atoms with E-state index in [4.69, 9.17) is 14.7 Å². The number of methoxy groups -OCH3 is 1. The summed E-state index contributed by atoms with van der Waals surface area (Å²) >= 11 is 0. The highest BCUT2D eigenvalue weighted by molar-refractivity contribution is 6.00. The number of aromatic nitrogens is 1. The van der Waals surface area contributed by atoms with Gasteiger partial charge >= 0.3 is 0 Å². The van der Waals surface area contributed by atoms with Gasteiger partial charge in [-0.05, 0) is 36.4 Å². The van der Waals surface area contributed by atoms with Crippen LogP contribution in [0.1, 0.15) is 12.0 Å². The first kappa shape index (κ1) is 18.7. The Morgan fingerprint density at radius 2 is 1.97 bits per heavy atom. The van der Waals surface area contributed by atoms with Crippen LogP contribution in [0.3, 0.4) is 0 Å². The summed E-state index contributed by atoms with van der Waals surface area (Å²) in [5, 5.41) is 9.10. The summed E-state index contributed by atoms with van der Waals surface area (Å²) in [5.41, 5.74) is 1.13. The van der Waals surface area contributed by atoms with Crippen LogP contribution in [0.5, 0.6) is 11.6 Å². The third-order valence-corrected chi connectivity index (χ3v) is 5.19. The zero-order chi connectivity index (χ0) is 20.4. The Labute approximate surface area is 168 Å². The van der Waals surface area contributed by atoms with Gasteiger partial charge < -0.3 is 19.3 Å². The predicted octanol–water partition coefficient (Wildman–Crippen LogP) is 1.60. The Hall–Kier alpha value is -3.60. The van der Waals surface area contributed by atoms with Crippen molar-refractivity contribution in [2.75, 3.05) is 31.6 Å². The van der Waals surface area contributed by atoms with E-state index in [9.17, 15) is 9.59 Å². The number of likely N-dealkylation sites (tertiary alicyclic amines) is 1. The lowest BCUT2D eigenvalue weighted by Crippen LogP contribution is -2.58. The number of hydrogen-bond acceptors (Lipinski definition) is 6. The highest BCUT2D eigenvalue weighted by Crippen LogP contribution is 2.29. The standard InChI is InChI=1S/C21H20N4O4/c1-28-17-6-4-16(5-7-17)25-11-15(9-19(25)26)21(27)24-12-18(13-24)29-20-14(10-22)3-2-8-23-20/h2-8,15,18H,9,11-13H2,1H3. The molecule has 1 atom stereocenters. The van der Waals surface area contributed by atoms with Crippen molar-refractivity contribution < 1.29 is 19.1 Å². The fourth-order valence-electron chi connectivity index (χ4n) is 3.56. The molecule has 8 heteroatoms. The van der Waals surface area contributed by atoms with E-state index in [-0.39, 0.29) is 36.1 Å². The molecule has 1 aromatic carbocycles. The lowest BCUT2D eigenvalue weighted by Gasteiger charge is -2.39. The van der Waals surface area contributed by atoms with Crippen LogP contribution in [0.15, 0.2) is 42.6 Å². The molecule has 0 radical (unpaired) electrons. The number of carbonyl (C=O) groups excluding carboxylic acids is 2. The number of ether oxygens (including phenoxy) is 2. The van der Waals surface area contributed by atoms with Crippen LogP contribution in [0.2, 0.25) is 0 Å². The minimum atomic E-state index is -0.366. The van der Waals surface area contributed by atoms with Crippen LogP contribution in [0.25, 0.3) is 0 Å². The maximum atomic E-state index is 12.8. The quantitative estimate of drug-likeness (QED) is 0.767. The van der Waals surface area contributed by atoms with Gasteiger partial charge in [-0.25, -0.2) is 4.98 Å². The number of carbonyl (C=O) groups is 2. The van der Waals surface area contributed by atoms with Crippen LogP contribution in [-0.2, 0) is 9.59 Å². The summed E-state index contributed by atoms with van der Waals surface area (Å²) in [5.74, 6) is 0.528. The van der Waals surface area contributed by atoms with Crippen molar-refractivity contribution in [3.05, 3.63) is 48.2 Å². The molecule has 2 saturated heterocycles. The van der Waals surface area contributed by atoms with Gasteiger partial charge in [0.25, 0.3) is 0 Å². The molecule has 2 aliphatic heterocycles. The molecule has 0 aliphatic carbocycles. The molecule has 2 fully saturated rings. The lowest BCUT2D eigenvalue weighted by atomic mass is 10.0. The number of anilines is 1. The summed E-state index contributed by atoms with van der Waals surface area (Å²) in [4.78, 5) is 32.6. The minimum absolute atomic E-state index is 0.0456. The Morgan fingerprint density at radius 3 is 2.66 bits per heavy atom. The van der Waals surface area contributed by atoms with E-state index in [1.165, 1.54) is 0 Å². The molecule has 4 rings (SSSR count). The number of pyridine rings is 1. The summed E-state index contributed by atoms with van der Waals surface area (Å²) in [6.07, 6.45) is 1.57. The van der Waals surface area contributed by atoms with Crippen molar-refractivity contribution in [1.82, 2.24) is 9.88 Å². The van der Waals surface area contributed by atoms with E-state index in [1.807, 2.05) is 18.2 Å². The number of nitrogens with zero attached hydrogens (tertiary/aromatic N) is 4. The van der Waals surface area contributed by atoms with Gasteiger partial charge in [0.15, 0.2) is 0 Å². The first-order valence-corrected chi connectivity index (χ1v) is 9.34. The Kier molecular flexibility index (Phi) is 5.04. The molecule has 1 aromatic heterocycles. The Morgan fingerprint density at radius 1 is 1.21 bits per heavy atom. The largest absolute Gasteiger partial charge is 0.497 e. The fourth-order valence-corrected chi connectivity index (χ4v) is 3.56. The van der Waals surface area contributed by atoms with Gasteiger partial charge in [0, 0.05) is 24.8 Å². The highest BCUT2D eigenvalue weighted by Gasteiger charge is 2.41. The average Bonchev–Trinajstić information content (AvgIpc) is 3.12. The molecular weight excluding hydrogens is 372 g/mol. The molecule has 3 heterocycles. The Balaban J connectivity index is 1.33. The van der Waals surface area contributed by atoms with E-state index in [0.29, 0.717) is 30.9 Å². The molecule has 148 valence electrons. The van der Waals surface area contributed by atoms with Crippen molar-refractivity contribution in [1.29, 1.82) is 5.26 Å². The van der Waals surface area contributed by atoms with E-state index < -0.39 is 0 Å². The third kappa shape index (κ3) is 3.72. The van der Waals surface area contributed by atoms with Gasteiger partial charge in [-0.15, -0.1) is 0 Å². The van der Waals surface area contributed by atoms with E-state index in [0.717, 1.165) is 5.69 Å². The van der Waals surface area contributed by atoms with Crippen molar-refractivity contribution in [3.63, 3.8) is 0 Å². The van der Waals surface area contributed by atoms with Crippen LogP contribution in [-0.4, -0.2) is 54.5 Å². The second-order valence-electron chi connectivity index (χ2n) is 7.05. The molecular formula is C21H20N4O4. The lowest BCUT2D eigenvalue weighted by molar-refractivity contribution is -0.144. The monoisotopic (exact) mass is 392 g/mol. The van der Waals surface area contributed by atoms with Gasteiger partial charge in [-0.1, -0.05) is 0 Å². The normalized spacial score (nSPS) is 18.9. The first-order valence-electron chi connectivity index (χ1n) is 9.34. The molecule has 0 saturated carbocycles. The number of rotatable bonds is 5. The summed E-state index contributed by atoms with van der Waals surface area (Å²) in [6.45, 7) is 1.21. The number of benzene rings is 1. The number of amides is 2. The second-order valence-corrected chi connectivity index (χ2v) is 7.05. The smallest absolute Gasteiger partial charge is 0.232 e. The van der Waals surface area contributed by atoms with Gasteiger partial charge in [0.05, 0.1) is 26.1 Å². The predicted molar refractivity (Wildman–Crippen MR) is 103 cm³/mol. The summed E-state index contributed by atoms with van der Waals surface area (Å²) in [6, 6.07) is 12.6. The molecule has 1 unspecified atom stereocenters. The molecule has 2 aromatic rings. The van der Waals surface area contributed by atoms with Gasteiger partial charge in [0.1, 0.15) is 23.5 Å². The molecule has 0 spiro atoms. The molecule has 2 amide bonds. The van der Waals surface area contributed by atoms with Crippen molar-refractivity contribution in [3.8, 4) is 17.7 Å². The summed E-state index contributed by atoms with van der Waals surface area (Å²) < 4.78 is 10.9. The van der Waals surface area contributed by atoms with Gasteiger partial charge in [-0.3, -0.25) is 9.59 Å². The zero-order valence-electron chi connectivity index (χ0n) is 15.9. The SMILES string of the molecule is COc1ccc(N2CC(C(=O)N3CC(Oc4ncccc4C#N)C3)CC2=O)cc1. The number of nitriles is 1. The number of hydrogen-bond donors (Lipinski definition) is 0. The molecule has 0 bridgehead atoms. The van der Waals surface area contributed by atoms with Crippen LogP contribution >= 0.6 is 0 Å². The minimum Gasteiger partial charge on any atom is -0.497 e. The maximum absolute atomic E-state index is 12.8. The van der Waals surface area contributed by atoms with Crippen LogP contribution < -0.4 is 14.4 Å². The van der Waals surface area contributed by atoms with Crippen molar-refractivity contribution >= 4 is 17.5 Å². The fraction of sp³-hybridized carbons (Fsp3) is 0.333. The maximum Gasteiger partial charge on any atom is 0.232 e. The third-order valence-electron chi connectivity index (χ3n) is 5.19. The molecule has 2 aliphatic rings.